The van der Waals surface area contributed by atoms with Crippen LogP contribution < -0.4 is 29.7 Å². The predicted octanol–water partition coefficient (Wildman–Crippen LogP) is 8.62. The van der Waals surface area contributed by atoms with Gasteiger partial charge in [-0.3, -0.25) is 5.43 Å². The summed E-state index contributed by atoms with van der Waals surface area (Å²) < 4.78 is 39.5. The van der Waals surface area contributed by atoms with Crippen LogP contribution in [0.4, 0.5) is 0 Å². The van der Waals surface area contributed by atoms with Crippen molar-refractivity contribution in [2.45, 2.75) is 88.4 Å². The zero-order valence-electron chi connectivity index (χ0n) is 34.3. The average molecular weight is 854 g/mol. The summed E-state index contributed by atoms with van der Waals surface area (Å²) in [5.41, 5.74) is 5.70. The summed E-state index contributed by atoms with van der Waals surface area (Å²) in [6, 6.07) is 18.8. The van der Waals surface area contributed by atoms with Crippen LogP contribution in [0.3, 0.4) is 0 Å². The van der Waals surface area contributed by atoms with Gasteiger partial charge in [0.2, 0.25) is 6.29 Å². The summed E-state index contributed by atoms with van der Waals surface area (Å²) in [5.74, 6) is 0.572. The van der Waals surface area contributed by atoms with Gasteiger partial charge in [0.15, 0.2) is 23.3 Å². The molecule has 14 heteroatoms. The number of nitrogens with one attached hydrogen (secondary N) is 2. The lowest BCUT2D eigenvalue weighted by molar-refractivity contribution is -0.137. The van der Waals surface area contributed by atoms with E-state index in [0.29, 0.717) is 54.6 Å². The third-order valence-electron chi connectivity index (χ3n) is 9.77. The van der Waals surface area contributed by atoms with Gasteiger partial charge in [-0.2, -0.15) is 5.10 Å². The Labute approximate surface area is 361 Å². The van der Waals surface area contributed by atoms with Crippen LogP contribution in [0, 0.1) is 0 Å². The van der Waals surface area contributed by atoms with Crippen LogP contribution in [-0.4, -0.2) is 67.6 Å². The number of hydrazone groups is 1. The molecule has 61 heavy (non-hydrogen) atoms. The maximum absolute atomic E-state index is 13.4. The molecule has 1 aliphatic carbocycles. The van der Waals surface area contributed by atoms with Crippen LogP contribution in [0.2, 0.25) is 0 Å². The molecule has 0 saturated carbocycles. The van der Waals surface area contributed by atoms with Crippen molar-refractivity contribution < 1.29 is 47.9 Å². The predicted molar refractivity (Wildman–Crippen MR) is 234 cm³/mol. The molecule has 0 radical (unpaired) electrons. The van der Waals surface area contributed by atoms with Crippen molar-refractivity contribution in [3.8, 4) is 23.0 Å². The number of unbranched alkanes of at least 4 members (excludes halogenated alkanes) is 6. The second-order valence-corrected chi connectivity index (χ2v) is 15.6. The van der Waals surface area contributed by atoms with E-state index >= 15 is 0 Å². The Morgan fingerprint density at radius 1 is 0.885 bits per heavy atom. The lowest BCUT2D eigenvalue weighted by atomic mass is 10.1. The summed E-state index contributed by atoms with van der Waals surface area (Å²) in [6.07, 6.45) is 16.7. The highest BCUT2D eigenvalue weighted by Gasteiger charge is 2.36. The lowest BCUT2D eigenvalue weighted by Gasteiger charge is -2.17. The monoisotopic (exact) mass is 853 g/mol. The Balaban J connectivity index is 0.997. The summed E-state index contributed by atoms with van der Waals surface area (Å²) in [4.78, 5) is 25.7. The number of ether oxygens (including phenoxy) is 7. The highest BCUT2D eigenvalue weighted by atomic mass is 32.2. The van der Waals surface area contributed by atoms with Crippen molar-refractivity contribution >= 4 is 29.9 Å². The summed E-state index contributed by atoms with van der Waals surface area (Å²) >= 11 is 1.67. The highest BCUT2D eigenvalue weighted by molar-refractivity contribution is 8.04. The first kappa shape index (κ1) is 45.0. The molecule has 4 unspecified atom stereocenters. The van der Waals surface area contributed by atoms with Crippen molar-refractivity contribution in [2.24, 2.45) is 5.10 Å². The highest BCUT2D eigenvalue weighted by Crippen LogP contribution is 2.35. The molecule has 1 saturated heterocycles. The quantitative estimate of drug-likeness (QED) is 0.00771. The third kappa shape index (κ3) is 14.9. The van der Waals surface area contributed by atoms with E-state index in [1.54, 1.807) is 90.8 Å². The summed E-state index contributed by atoms with van der Waals surface area (Å²) in [5, 5.41) is 19.1. The first-order valence-corrected chi connectivity index (χ1v) is 21.7. The maximum atomic E-state index is 13.4. The van der Waals surface area contributed by atoms with Crippen LogP contribution in [0.25, 0.3) is 0 Å². The van der Waals surface area contributed by atoms with Crippen molar-refractivity contribution in [1.29, 1.82) is 0 Å². The number of aliphatic hydroxyl groups excluding tert-OH is 1. The van der Waals surface area contributed by atoms with Crippen molar-refractivity contribution in [1.82, 2.24) is 10.7 Å². The van der Waals surface area contributed by atoms with Gasteiger partial charge in [-0.15, -0.1) is 6.58 Å². The number of allylic oxidation sites excluding steroid dienone is 3. The standard InChI is InChI=1S/C47H55N3O10S/c1-3-39-46(60-39)57-30-14-8-6-12-28-55-36-22-18-34(19-23-36)44(52)58-40-26-17-33(32-48-50-47-49-38-15-9-10-16-42(38)61-47)31-41(40)59-45(53)35-20-24-37(25-21-35)54-27-11-5-7-13-29-56-43(51)4-2/h3-4,10,16-26,31-32,39,45-47,49-50,53H,1-2,5-9,11-15,27-30H2/b48-32+. The van der Waals surface area contributed by atoms with E-state index in [4.69, 9.17) is 33.2 Å². The van der Waals surface area contributed by atoms with Gasteiger partial charge in [0.25, 0.3) is 0 Å². The Morgan fingerprint density at radius 2 is 1.57 bits per heavy atom. The number of esters is 2. The number of carbonyl (C=O) groups excluding carboxylic acids is 2. The smallest absolute Gasteiger partial charge is 0.343 e. The molecule has 0 bridgehead atoms. The van der Waals surface area contributed by atoms with Gasteiger partial charge in [0.05, 0.1) is 31.6 Å². The van der Waals surface area contributed by atoms with Crippen LogP contribution in [-0.2, 0) is 19.0 Å². The van der Waals surface area contributed by atoms with Gasteiger partial charge in [-0.25, -0.2) is 9.59 Å². The molecule has 6 rings (SSSR count). The molecule has 0 spiro atoms. The van der Waals surface area contributed by atoms with Gasteiger partial charge in [0.1, 0.15) is 17.6 Å². The summed E-state index contributed by atoms with van der Waals surface area (Å²) in [7, 11) is 0. The molecule has 2 aliphatic heterocycles. The fourth-order valence-corrected chi connectivity index (χ4v) is 7.38. The Kier molecular flexibility index (Phi) is 17.7. The second-order valence-electron chi connectivity index (χ2n) is 14.4. The largest absolute Gasteiger partial charge is 0.494 e. The number of thioether (sulfide) groups is 1. The number of aliphatic hydroxyl groups is 1. The maximum Gasteiger partial charge on any atom is 0.343 e. The Bertz CT molecular complexity index is 2000. The SMILES string of the molecule is C=CC(=O)OCCCCCCOc1ccc(C(O)Oc2cc(/C=N/NC3NC4=C(C=CCC4)S3)ccc2OC(=O)c2ccc(OCCCCCCOC3OC3C=C)cc2)cc1. The molecule has 4 atom stereocenters. The van der Waals surface area contributed by atoms with Gasteiger partial charge >= 0.3 is 11.9 Å². The van der Waals surface area contributed by atoms with Crippen LogP contribution in [0.1, 0.15) is 92.0 Å². The van der Waals surface area contributed by atoms with Gasteiger partial charge in [0, 0.05) is 28.8 Å². The minimum Gasteiger partial charge on any atom is -0.494 e. The Morgan fingerprint density at radius 3 is 2.25 bits per heavy atom. The van der Waals surface area contributed by atoms with Gasteiger partial charge in [-0.1, -0.05) is 43.0 Å². The molecule has 13 nitrogen and oxygen atoms in total. The molecule has 3 N–H and O–H groups in total. The molecule has 3 aromatic rings. The first-order chi connectivity index (χ1) is 29.9. The first-order valence-electron chi connectivity index (χ1n) is 20.9. The van der Waals surface area contributed by atoms with E-state index in [1.165, 1.54) is 10.6 Å². The minimum atomic E-state index is -1.39. The van der Waals surface area contributed by atoms with E-state index < -0.39 is 18.2 Å². The molecule has 2 heterocycles. The van der Waals surface area contributed by atoms with Crippen LogP contribution in [0.15, 0.2) is 120 Å². The molecule has 0 amide bonds. The molecular formula is C47H55N3O10S. The molecule has 1 fully saturated rings. The lowest BCUT2D eigenvalue weighted by Crippen LogP contribution is -2.32. The Hall–Kier alpha value is -5.54. The molecule has 3 aromatic carbocycles. The zero-order valence-corrected chi connectivity index (χ0v) is 35.2. The average Bonchev–Trinajstić information content (AvgIpc) is 3.92. The number of epoxide rings is 1. The number of hydrogen-bond donors (Lipinski definition) is 3. The molecular weight excluding hydrogens is 799 g/mol. The number of carbonyl (C=O) groups is 2. The van der Waals surface area contributed by atoms with Crippen molar-refractivity contribution in [2.75, 3.05) is 26.4 Å². The number of rotatable bonds is 27. The number of nitrogens with zero attached hydrogens (tertiary/aromatic N) is 1. The summed E-state index contributed by atoms with van der Waals surface area (Å²) in [6.45, 7) is 9.22. The van der Waals surface area contributed by atoms with E-state index in [9.17, 15) is 14.7 Å². The fraction of sp³-hybridized carbons (Fsp3) is 0.383. The second kappa shape index (κ2) is 24.0. The molecule has 3 aliphatic rings. The van der Waals surface area contributed by atoms with E-state index in [2.05, 4.69) is 41.2 Å². The normalized spacial score (nSPS) is 18.1. The van der Waals surface area contributed by atoms with Gasteiger partial charge in [-0.05, 0) is 130 Å². The van der Waals surface area contributed by atoms with Gasteiger partial charge < -0.3 is 43.6 Å². The van der Waals surface area contributed by atoms with Crippen LogP contribution >= 0.6 is 11.8 Å². The van der Waals surface area contributed by atoms with E-state index in [1.807, 2.05) is 0 Å². The number of benzene rings is 3. The van der Waals surface area contributed by atoms with Crippen molar-refractivity contribution in [3.63, 3.8) is 0 Å². The number of hydrogen-bond acceptors (Lipinski definition) is 14. The van der Waals surface area contributed by atoms with Crippen LogP contribution in [0.5, 0.6) is 23.0 Å². The fourth-order valence-electron chi connectivity index (χ4n) is 6.33. The van der Waals surface area contributed by atoms with E-state index in [0.717, 1.165) is 70.3 Å². The molecule has 324 valence electrons. The van der Waals surface area contributed by atoms with E-state index in [-0.39, 0.29) is 29.4 Å². The van der Waals surface area contributed by atoms with Crippen molar-refractivity contribution in [3.05, 3.63) is 131 Å². The third-order valence-corrected chi connectivity index (χ3v) is 10.9. The zero-order chi connectivity index (χ0) is 42.7. The minimum absolute atomic E-state index is 0.0350. The molecule has 0 aromatic heterocycles. The topological polar surface area (TPSA) is 159 Å².